The van der Waals surface area contributed by atoms with Crippen LogP contribution in [0.2, 0.25) is 0 Å². The van der Waals surface area contributed by atoms with Crippen molar-refractivity contribution >= 4 is 11.6 Å². The van der Waals surface area contributed by atoms with E-state index in [2.05, 4.69) is 16.1 Å². The van der Waals surface area contributed by atoms with E-state index >= 15 is 0 Å². The summed E-state index contributed by atoms with van der Waals surface area (Å²) in [6.45, 7) is 2.45. The smallest absolute Gasteiger partial charge is 0.406 e. The number of rotatable bonds is 6. The Morgan fingerprint density at radius 2 is 2.00 bits per heavy atom. The summed E-state index contributed by atoms with van der Waals surface area (Å²) in [4.78, 5) is 12.6. The Hall–Kier alpha value is -2.27. The van der Waals surface area contributed by atoms with Crippen LogP contribution in [-0.2, 0) is 4.79 Å². The lowest BCUT2D eigenvalue weighted by Gasteiger charge is -2.15. The fraction of sp³-hybridized carbons (Fsp3) is 0.429. The van der Waals surface area contributed by atoms with E-state index in [1.54, 1.807) is 14.0 Å². The minimum Gasteiger partial charge on any atom is -0.406 e. The van der Waals surface area contributed by atoms with Crippen molar-refractivity contribution in [3.05, 3.63) is 24.3 Å². The first-order valence-corrected chi connectivity index (χ1v) is 6.56. The van der Waals surface area contributed by atoms with E-state index in [4.69, 9.17) is 5.26 Å². The van der Waals surface area contributed by atoms with Crippen molar-refractivity contribution in [2.75, 3.05) is 25.5 Å². The van der Waals surface area contributed by atoms with E-state index < -0.39 is 6.36 Å². The molecule has 0 heterocycles. The van der Waals surface area contributed by atoms with Gasteiger partial charge < -0.3 is 15.0 Å². The largest absolute Gasteiger partial charge is 0.573 e. The zero-order chi connectivity index (χ0) is 16.8. The van der Waals surface area contributed by atoms with Gasteiger partial charge in [-0.1, -0.05) is 0 Å². The Labute approximate surface area is 126 Å². The van der Waals surface area contributed by atoms with Crippen LogP contribution in [0.15, 0.2) is 24.3 Å². The van der Waals surface area contributed by atoms with Crippen molar-refractivity contribution in [2.24, 2.45) is 5.92 Å². The van der Waals surface area contributed by atoms with Gasteiger partial charge >= 0.3 is 6.36 Å². The maximum atomic E-state index is 12.0. The fourth-order valence-corrected chi connectivity index (χ4v) is 1.86. The Balaban J connectivity index is 2.50. The molecule has 2 N–H and O–H groups in total. The molecule has 5 nitrogen and oxygen atoms in total. The molecule has 0 aromatic heterocycles. The van der Waals surface area contributed by atoms with E-state index in [9.17, 15) is 18.0 Å². The van der Waals surface area contributed by atoms with Crippen LogP contribution >= 0.6 is 0 Å². The quantitative estimate of drug-likeness (QED) is 0.829. The van der Waals surface area contributed by atoms with Crippen molar-refractivity contribution in [2.45, 2.75) is 13.3 Å². The second-order valence-electron chi connectivity index (χ2n) is 4.99. The molecule has 8 heteroatoms. The molecule has 120 valence electrons. The maximum Gasteiger partial charge on any atom is 0.573 e. The van der Waals surface area contributed by atoms with Crippen molar-refractivity contribution in [3.63, 3.8) is 0 Å². The first-order chi connectivity index (χ1) is 10.2. The van der Waals surface area contributed by atoms with Gasteiger partial charge in [-0.3, -0.25) is 4.79 Å². The van der Waals surface area contributed by atoms with E-state index in [1.807, 2.05) is 0 Å². The number of nitrogens with zero attached hydrogens (tertiary/aromatic N) is 1. The lowest BCUT2D eigenvalue weighted by Crippen LogP contribution is -3.10. The predicted octanol–water partition coefficient (Wildman–Crippen LogP) is 1.20. The van der Waals surface area contributed by atoms with Gasteiger partial charge in [0.25, 0.3) is 5.91 Å². The molecule has 0 spiro atoms. The number of hydrogen-bond donors (Lipinski definition) is 2. The molecule has 1 aromatic carbocycles. The predicted molar refractivity (Wildman–Crippen MR) is 73.2 cm³/mol. The SMILES string of the molecule is C[C@@H](C#N)C[NH+](C)CC(=O)Nc1ccc(OC(F)(F)F)cc1. The van der Waals surface area contributed by atoms with Gasteiger partial charge in [0.15, 0.2) is 6.54 Å². The van der Waals surface area contributed by atoms with Gasteiger partial charge in [-0.05, 0) is 31.2 Å². The Bertz CT molecular complexity index is 538. The highest BCUT2D eigenvalue weighted by atomic mass is 19.4. The molecule has 0 fully saturated rings. The Kier molecular flexibility index (Phi) is 6.19. The number of ether oxygens (including phenoxy) is 1. The molecule has 1 aromatic rings. The second-order valence-corrected chi connectivity index (χ2v) is 4.99. The molecular weight excluding hydrogens is 299 g/mol. The number of hydrogen-bond acceptors (Lipinski definition) is 3. The van der Waals surface area contributed by atoms with Gasteiger partial charge in [0, 0.05) is 5.69 Å². The molecule has 0 aliphatic carbocycles. The summed E-state index contributed by atoms with van der Waals surface area (Å²) in [5.41, 5.74) is 0.376. The summed E-state index contributed by atoms with van der Waals surface area (Å²) < 4.78 is 39.8. The topological polar surface area (TPSA) is 66.6 Å². The van der Waals surface area contributed by atoms with Crippen LogP contribution in [0, 0.1) is 17.2 Å². The molecule has 0 radical (unpaired) electrons. The van der Waals surface area contributed by atoms with Crippen molar-refractivity contribution in [1.82, 2.24) is 0 Å². The van der Waals surface area contributed by atoms with Gasteiger partial charge in [0.05, 0.1) is 25.6 Å². The Morgan fingerprint density at radius 3 is 2.50 bits per heavy atom. The average molecular weight is 316 g/mol. The normalized spacial score (nSPS) is 13.8. The number of anilines is 1. The second kappa shape index (κ2) is 7.66. The highest BCUT2D eigenvalue weighted by molar-refractivity contribution is 5.91. The summed E-state index contributed by atoms with van der Waals surface area (Å²) in [6, 6.07) is 6.98. The summed E-state index contributed by atoms with van der Waals surface area (Å²) >= 11 is 0. The van der Waals surface area contributed by atoms with Crippen LogP contribution < -0.4 is 15.0 Å². The fourth-order valence-electron chi connectivity index (χ4n) is 1.86. The molecule has 1 amide bonds. The first-order valence-electron chi connectivity index (χ1n) is 6.56. The van der Waals surface area contributed by atoms with Crippen LogP contribution in [0.5, 0.6) is 5.75 Å². The van der Waals surface area contributed by atoms with Crippen LogP contribution in [0.25, 0.3) is 0 Å². The number of carbonyl (C=O) groups excluding carboxylic acids is 1. The molecule has 0 aliphatic rings. The summed E-state index contributed by atoms with van der Waals surface area (Å²) in [6.07, 6.45) is -4.74. The van der Waals surface area contributed by atoms with Gasteiger partial charge in [-0.15, -0.1) is 13.2 Å². The molecule has 0 saturated heterocycles. The number of nitrogens with one attached hydrogen (secondary N) is 2. The number of carbonyl (C=O) groups is 1. The third-order valence-corrected chi connectivity index (χ3v) is 2.71. The van der Waals surface area contributed by atoms with Crippen LogP contribution in [0.3, 0.4) is 0 Å². The van der Waals surface area contributed by atoms with E-state index in [0.29, 0.717) is 12.2 Å². The summed E-state index contributed by atoms with van der Waals surface area (Å²) in [7, 11) is 1.79. The maximum absolute atomic E-state index is 12.0. The molecular formula is C14H17F3N3O2+. The first kappa shape index (κ1) is 17.8. The van der Waals surface area contributed by atoms with Gasteiger partial charge in [0.1, 0.15) is 5.75 Å². The van der Waals surface area contributed by atoms with Gasteiger partial charge in [-0.2, -0.15) is 5.26 Å². The Morgan fingerprint density at radius 1 is 1.41 bits per heavy atom. The van der Waals surface area contributed by atoms with Gasteiger partial charge in [-0.25, -0.2) is 0 Å². The third-order valence-electron chi connectivity index (χ3n) is 2.71. The number of nitriles is 1. The standard InChI is InChI=1S/C14H16F3N3O2/c1-10(7-18)8-20(2)9-13(21)19-11-3-5-12(6-4-11)22-14(15,16)17/h3-6,10H,8-9H2,1-2H3,(H,19,21)/p+1/t10-/m0/s1. The minimum atomic E-state index is -4.74. The summed E-state index contributed by atoms with van der Waals surface area (Å²) in [5, 5.41) is 11.3. The van der Waals surface area contributed by atoms with Crippen LogP contribution in [0.1, 0.15) is 6.92 Å². The monoisotopic (exact) mass is 316 g/mol. The molecule has 2 atom stereocenters. The number of alkyl halides is 3. The molecule has 0 bridgehead atoms. The lowest BCUT2D eigenvalue weighted by atomic mass is 10.2. The minimum absolute atomic E-state index is 0.160. The highest BCUT2D eigenvalue weighted by Gasteiger charge is 2.30. The van der Waals surface area contributed by atoms with Crippen LogP contribution in [0.4, 0.5) is 18.9 Å². The molecule has 22 heavy (non-hydrogen) atoms. The van der Waals surface area contributed by atoms with Crippen LogP contribution in [-0.4, -0.2) is 32.4 Å². The molecule has 0 aliphatic heterocycles. The van der Waals surface area contributed by atoms with Crippen molar-refractivity contribution in [1.29, 1.82) is 5.26 Å². The number of amides is 1. The molecule has 1 rings (SSSR count). The van der Waals surface area contributed by atoms with E-state index in [-0.39, 0.29) is 24.1 Å². The average Bonchev–Trinajstić information content (AvgIpc) is 2.38. The zero-order valence-corrected chi connectivity index (χ0v) is 12.2. The third kappa shape index (κ3) is 6.95. The number of quaternary nitrogens is 1. The van der Waals surface area contributed by atoms with Crippen molar-refractivity contribution in [3.8, 4) is 11.8 Å². The van der Waals surface area contributed by atoms with E-state index in [1.165, 1.54) is 12.1 Å². The molecule has 1 unspecified atom stereocenters. The highest BCUT2D eigenvalue weighted by Crippen LogP contribution is 2.23. The zero-order valence-electron chi connectivity index (χ0n) is 12.2. The number of halogens is 3. The number of likely N-dealkylation sites (N-methyl/N-ethyl adjacent to an activating group) is 1. The lowest BCUT2D eigenvalue weighted by molar-refractivity contribution is -0.873. The summed E-state index contributed by atoms with van der Waals surface area (Å²) in [5.74, 6) is -0.796. The van der Waals surface area contributed by atoms with Crippen molar-refractivity contribution < 1.29 is 27.6 Å². The van der Waals surface area contributed by atoms with Gasteiger partial charge in [0.2, 0.25) is 0 Å². The number of benzene rings is 1. The molecule has 0 saturated carbocycles. The van der Waals surface area contributed by atoms with E-state index in [0.717, 1.165) is 17.0 Å².